The Labute approximate surface area is 176 Å². The molecule has 3 rings (SSSR count). The van der Waals surface area contributed by atoms with Gasteiger partial charge in [-0.1, -0.05) is 38.1 Å². The fourth-order valence-corrected chi connectivity index (χ4v) is 3.62. The van der Waals surface area contributed by atoms with Gasteiger partial charge in [0.15, 0.2) is 0 Å². The summed E-state index contributed by atoms with van der Waals surface area (Å²) >= 11 is 0. The van der Waals surface area contributed by atoms with Crippen LogP contribution in [0.5, 0.6) is 11.5 Å². The smallest absolute Gasteiger partial charge is 0.295 e. The number of aliphatic hydroxyl groups excluding tert-OH is 1. The summed E-state index contributed by atoms with van der Waals surface area (Å²) in [6.07, 6.45) is 1.56. The van der Waals surface area contributed by atoms with Crippen LogP contribution in [0.2, 0.25) is 0 Å². The molecule has 1 saturated heterocycles. The predicted octanol–water partition coefficient (Wildman–Crippen LogP) is 4.32. The molecule has 1 aliphatic rings. The third kappa shape index (κ3) is 4.17. The molecule has 1 atom stereocenters. The molecule has 1 unspecified atom stereocenters. The van der Waals surface area contributed by atoms with Gasteiger partial charge in [-0.25, -0.2) is 0 Å². The van der Waals surface area contributed by atoms with Crippen molar-refractivity contribution in [3.05, 3.63) is 65.2 Å². The van der Waals surface area contributed by atoms with Crippen LogP contribution in [0.1, 0.15) is 43.9 Å². The van der Waals surface area contributed by atoms with Gasteiger partial charge in [0.2, 0.25) is 0 Å². The van der Waals surface area contributed by atoms with Gasteiger partial charge >= 0.3 is 0 Å². The molecule has 0 bridgehead atoms. The number of hydrogen-bond donors (Lipinski definition) is 1. The van der Waals surface area contributed by atoms with Crippen molar-refractivity contribution in [2.24, 2.45) is 0 Å². The molecule has 1 heterocycles. The maximum Gasteiger partial charge on any atom is 0.295 e. The maximum absolute atomic E-state index is 12.9. The molecular formula is C24H27NO5. The van der Waals surface area contributed by atoms with Gasteiger partial charge in [-0.05, 0) is 42.7 Å². The average molecular weight is 409 g/mol. The zero-order chi connectivity index (χ0) is 21.7. The molecule has 1 N–H and O–H groups in total. The summed E-state index contributed by atoms with van der Waals surface area (Å²) < 4.78 is 11.0. The summed E-state index contributed by atoms with van der Waals surface area (Å²) in [5, 5.41) is 11.1. The lowest BCUT2D eigenvalue weighted by molar-refractivity contribution is -0.139. The minimum atomic E-state index is -0.686. The standard InChI is InChI=1S/C24H27NO5/c1-4-12-25-21(16-8-6-11-19(14-16)30-13-5-2)20(23(27)24(25)28)22(26)17-9-7-10-18(15-17)29-3/h6-11,14-15,21,26H,4-5,12-13H2,1-3H3/b22-20-. The van der Waals surface area contributed by atoms with Crippen molar-refractivity contribution < 1.29 is 24.2 Å². The second-order valence-corrected chi connectivity index (χ2v) is 7.15. The number of aliphatic hydroxyl groups is 1. The monoisotopic (exact) mass is 409 g/mol. The van der Waals surface area contributed by atoms with E-state index < -0.39 is 17.7 Å². The number of carbonyl (C=O) groups is 2. The number of methoxy groups -OCH3 is 1. The second-order valence-electron chi connectivity index (χ2n) is 7.15. The number of ketones is 1. The van der Waals surface area contributed by atoms with E-state index in [4.69, 9.17) is 9.47 Å². The Morgan fingerprint density at radius 1 is 1.03 bits per heavy atom. The highest BCUT2D eigenvalue weighted by Crippen LogP contribution is 2.40. The molecule has 1 aliphatic heterocycles. The first-order valence-electron chi connectivity index (χ1n) is 10.2. The van der Waals surface area contributed by atoms with Crippen LogP contribution in [0, 0.1) is 0 Å². The molecule has 0 spiro atoms. The summed E-state index contributed by atoms with van der Waals surface area (Å²) in [6.45, 7) is 4.94. The number of hydrogen-bond acceptors (Lipinski definition) is 5. The largest absolute Gasteiger partial charge is 0.507 e. The highest BCUT2D eigenvalue weighted by molar-refractivity contribution is 6.46. The molecule has 2 aromatic carbocycles. The summed E-state index contributed by atoms with van der Waals surface area (Å²) in [6, 6.07) is 13.5. The predicted molar refractivity (Wildman–Crippen MR) is 115 cm³/mol. The Balaban J connectivity index is 2.14. The lowest BCUT2D eigenvalue weighted by atomic mass is 9.95. The van der Waals surface area contributed by atoms with E-state index >= 15 is 0 Å². The Hall–Kier alpha value is -3.28. The fraction of sp³-hybridized carbons (Fsp3) is 0.333. The third-order valence-corrected chi connectivity index (χ3v) is 4.99. The molecule has 0 radical (unpaired) electrons. The van der Waals surface area contributed by atoms with E-state index in [2.05, 4.69) is 0 Å². The van der Waals surface area contributed by atoms with Crippen LogP contribution < -0.4 is 9.47 Å². The number of likely N-dealkylation sites (tertiary alicyclic amines) is 1. The van der Waals surface area contributed by atoms with Crippen molar-refractivity contribution in [2.75, 3.05) is 20.3 Å². The van der Waals surface area contributed by atoms with Crippen LogP contribution in [0.15, 0.2) is 54.1 Å². The minimum absolute atomic E-state index is 0.0781. The zero-order valence-electron chi connectivity index (χ0n) is 17.6. The van der Waals surface area contributed by atoms with E-state index in [0.717, 1.165) is 12.0 Å². The van der Waals surface area contributed by atoms with Gasteiger partial charge in [0.1, 0.15) is 17.3 Å². The summed E-state index contributed by atoms with van der Waals surface area (Å²) in [5.74, 6) is -0.290. The van der Waals surface area contributed by atoms with E-state index in [0.29, 0.717) is 36.6 Å². The summed E-state index contributed by atoms with van der Waals surface area (Å²) in [5.41, 5.74) is 1.22. The van der Waals surface area contributed by atoms with E-state index in [9.17, 15) is 14.7 Å². The zero-order valence-corrected chi connectivity index (χ0v) is 17.6. The van der Waals surface area contributed by atoms with Crippen LogP contribution in [-0.4, -0.2) is 42.0 Å². The molecule has 1 fully saturated rings. The van der Waals surface area contributed by atoms with Crippen LogP contribution in [0.3, 0.4) is 0 Å². The first-order chi connectivity index (χ1) is 14.5. The van der Waals surface area contributed by atoms with Gasteiger partial charge in [-0.2, -0.15) is 0 Å². The molecule has 158 valence electrons. The van der Waals surface area contributed by atoms with E-state index in [1.54, 1.807) is 24.3 Å². The number of nitrogens with zero attached hydrogens (tertiary/aromatic N) is 1. The van der Waals surface area contributed by atoms with Gasteiger partial charge in [-0.15, -0.1) is 0 Å². The van der Waals surface area contributed by atoms with Gasteiger partial charge in [0, 0.05) is 12.1 Å². The van der Waals surface area contributed by atoms with Crippen LogP contribution in [-0.2, 0) is 9.59 Å². The van der Waals surface area contributed by atoms with Crippen LogP contribution >= 0.6 is 0 Å². The summed E-state index contributed by atoms with van der Waals surface area (Å²) in [4.78, 5) is 27.2. The Morgan fingerprint density at radius 3 is 2.47 bits per heavy atom. The molecule has 0 aliphatic carbocycles. The van der Waals surface area contributed by atoms with Gasteiger partial charge < -0.3 is 19.5 Å². The van der Waals surface area contributed by atoms with Gasteiger partial charge in [-0.3, -0.25) is 9.59 Å². The lowest BCUT2D eigenvalue weighted by Gasteiger charge is -2.25. The van der Waals surface area contributed by atoms with Gasteiger partial charge in [0.25, 0.3) is 11.7 Å². The topological polar surface area (TPSA) is 76.1 Å². The number of amides is 1. The molecule has 6 nitrogen and oxygen atoms in total. The van der Waals surface area contributed by atoms with E-state index in [1.165, 1.54) is 12.0 Å². The highest BCUT2D eigenvalue weighted by atomic mass is 16.5. The normalized spacial score (nSPS) is 18.0. The Kier molecular flexibility index (Phi) is 6.77. The summed E-state index contributed by atoms with van der Waals surface area (Å²) in [7, 11) is 1.53. The number of Topliss-reactive ketones (excluding diaryl/α,β-unsaturated/α-hetero) is 1. The first kappa shape index (κ1) is 21.4. The second kappa shape index (κ2) is 9.48. The molecule has 0 aromatic heterocycles. The quantitative estimate of drug-likeness (QED) is 0.399. The number of ether oxygens (including phenoxy) is 2. The van der Waals surface area contributed by atoms with E-state index in [-0.39, 0.29) is 11.3 Å². The SMILES string of the molecule is CCCOc1cccc(C2/C(=C(/O)c3cccc(OC)c3)C(=O)C(=O)N2CCC)c1. The maximum atomic E-state index is 12.9. The van der Waals surface area contributed by atoms with Crippen LogP contribution in [0.25, 0.3) is 5.76 Å². The van der Waals surface area contributed by atoms with Crippen molar-refractivity contribution in [2.45, 2.75) is 32.7 Å². The Morgan fingerprint density at radius 2 is 1.77 bits per heavy atom. The van der Waals surface area contributed by atoms with Crippen molar-refractivity contribution in [3.63, 3.8) is 0 Å². The molecule has 6 heteroatoms. The third-order valence-electron chi connectivity index (χ3n) is 4.99. The minimum Gasteiger partial charge on any atom is -0.507 e. The van der Waals surface area contributed by atoms with Crippen LogP contribution in [0.4, 0.5) is 0 Å². The molecule has 0 saturated carbocycles. The fourth-order valence-electron chi connectivity index (χ4n) is 3.62. The van der Waals surface area contributed by atoms with Crippen molar-refractivity contribution in [3.8, 4) is 11.5 Å². The molecule has 2 aromatic rings. The molecule has 30 heavy (non-hydrogen) atoms. The molecular weight excluding hydrogens is 382 g/mol. The van der Waals surface area contributed by atoms with Crippen molar-refractivity contribution >= 4 is 17.4 Å². The number of carbonyl (C=O) groups excluding carboxylic acids is 2. The van der Waals surface area contributed by atoms with Gasteiger partial charge in [0.05, 0.1) is 25.3 Å². The highest BCUT2D eigenvalue weighted by Gasteiger charge is 2.45. The number of benzene rings is 2. The first-order valence-corrected chi connectivity index (χ1v) is 10.2. The van der Waals surface area contributed by atoms with E-state index in [1.807, 2.05) is 38.1 Å². The number of rotatable bonds is 8. The van der Waals surface area contributed by atoms with Crippen molar-refractivity contribution in [1.82, 2.24) is 4.90 Å². The Bertz CT molecular complexity index is 966. The lowest BCUT2D eigenvalue weighted by Crippen LogP contribution is -2.30. The molecule has 1 amide bonds. The van der Waals surface area contributed by atoms with Crippen molar-refractivity contribution in [1.29, 1.82) is 0 Å². The average Bonchev–Trinajstić information content (AvgIpc) is 3.02.